The Labute approximate surface area is 77.5 Å². The summed E-state index contributed by atoms with van der Waals surface area (Å²) in [5.41, 5.74) is -1.53. The minimum absolute atomic E-state index is 0.202. The third-order valence-corrected chi connectivity index (χ3v) is 3.61. The lowest BCUT2D eigenvalue weighted by Gasteiger charge is -2.32. The first-order chi connectivity index (χ1) is 6.10. The molecule has 2 nitrogen and oxygen atoms in total. The van der Waals surface area contributed by atoms with E-state index >= 15 is 0 Å². The summed E-state index contributed by atoms with van der Waals surface area (Å²) in [5.74, 6) is -0.202. The molecule has 0 aliphatic heterocycles. The molecule has 3 heteroatoms. The fourth-order valence-electron chi connectivity index (χ4n) is 2.91. The van der Waals surface area contributed by atoms with E-state index in [9.17, 15) is 9.18 Å². The molecule has 0 heterocycles. The highest BCUT2D eigenvalue weighted by molar-refractivity contribution is 5.77. The van der Waals surface area contributed by atoms with Gasteiger partial charge < -0.3 is 4.74 Å². The molecule has 13 heavy (non-hydrogen) atoms. The highest BCUT2D eigenvalue weighted by atomic mass is 19.1. The standard InChI is InChI=1S/C10H15FO2/c1-13-8(12)9-3-2-4-10(11,7-9)6-5-9/h2-7H2,1H3. The first kappa shape index (κ1) is 8.97. The van der Waals surface area contributed by atoms with Crippen LogP contribution in [0.1, 0.15) is 38.5 Å². The molecule has 0 radical (unpaired) electrons. The second-order valence-electron chi connectivity index (χ2n) is 4.45. The second kappa shape index (κ2) is 2.69. The third kappa shape index (κ3) is 1.25. The van der Waals surface area contributed by atoms with Gasteiger partial charge in [-0.2, -0.15) is 0 Å². The lowest BCUT2D eigenvalue weighted by molar-refractivity contribution is -0.154. The van der Waals surface area contributed by atoms with Crippen LogP contribution in [0.3, 0.4) is 0 Å². The first-order valence-corrected chi connectivity index (χ1v) is 4.88. The molecule has 0 spiro atoms. The summed E-state index contributed by atoms with van der Waals surface area (Å²) in [7, 11) is 1.39. The molecular formula is C10H15FO2. The van der Waals surface area contributed by atoms with Crippen LogP contribution in [0.25, 0.3) is 0 Å². The number of rotatable bonds is 1. The van der Waals surface area contributed by atoms with Gasteiger partial charge in [-0.25, -0.2) is 4.39 Å². The van der Waals surface area contributed by atoms with E-state index in [0.29, 0.717) is 25.7 Å². The number of methoxy groups -OCH3 is 1. The Morgan fingerprint density at radius 2 is 2.08 bits per heavy atom. The van der Waals surface area contributed by atoms with E-state index in [1.54, 1.807) is 0 Å². The summed E-state index contributed by atoms with van der Waals surface area (Å²) in [4.78, 5) is 11.5. The van der Waals surface area contributed by atoms with Crippen molar-refractivity contribution in [2.75, 3.05) is 7.11 Å². The van der Waals surface area contributed by atoms with Gasteiger partial charge in [0.2, 0.25) is 0 Å². The highest BCUT2D eigenvalue weighted by Crippen LogP contribution is 2.55. The lowest BCUT2D eigenvalue weighted by Crippen LogP contribution is -2.35. The Balaban J connectivity index is 2.21. The number of esters is 1. The van der Waals surface area contributed by atoms with Crippen LogP contribution in [0.15, 0.2) is 0 Å². The van der Waals surface area contributed by atoms with Gasteiger partial charge in [-0.05, 0) is 38.5 Å². The van der Waals surface area contributed by atoms with Crippen molar-refractivity contribution in [1.82, 2.24) is 0 Å². The maximum atomic E-state index is 13.9. The van der Waals surface area contributed by atoms with Gasteiger partial charge in [0.15, 0.2) is 0 Å². The predicted octanol–water partition coefficient (Wildman–Crippen LogP) is 2.22. The Hall–Kier alpha value is -0.600. The van der Waals surface area contributed by atoms with Crippen LogP contribution in [0, 0.1) is 5.41 Å². The Bertz CT molecular complexity index is 241. The Morgan fingerprint density at radius 3 is 2.77 bits per heavy atom. The van der Waals surface area contributed by atoms with Gasteiger partial charge in [0.1, 0.15) is 5.67 Å². The van der Waals surface area contributed by atoms with Crippen molar-refractivity contribution in [2.45, 2.75) is 44.2 Å². The average molecular weight is 186 g/mol. The molecule has 2 aliphatic carbocycles. The van der Waals surface area contributed by atoms with Crippen LogP contribution in [0.2, 0.25) is 0 Å². The molecule has 0 amide bonds. The van der Waals surface area contributed by atoms with Crippen LogP contribution >= 0.6 is 0 Å². The molecule has 0 aromatic carbocycles. The maximum absolute atomic E-state index is 13.9. The summed E-state index contributed by atoms with van der Waals surface area (Å²) in [5, 5.41) is 0. The van der Waals surface area contributed by atoms with E-state index in [2.05, 4.69) is 0 Å². The molecule has 2 aliphatic rings. The van der Waals surface area contributed by atoms with Crippen LogP contribution in [0.4, 0.5) is 4.39 Å². The van der Waals surface area contributed by atoms with Crippen molar-refractivity contribution >= 4 is 5.97 Å². The molecule has 0 aromatic heterocycles. The molecule has 2 atom stereocenters. The molecular weight excluding hydrogens is 171 g/mol. The van der Waals surface area contributed by atoms with Gasteiger partial charge in [-0.1, -0.05) is 0 Å². The molecule has 2 unspecified atom stereocenters. The summed E-state index contributed by atoms with van der Waals surface area (Å²) < 4.78 is 18.6. The number of ether oxygens (including phenoxy) is 1. The molecule has 2 fully saturated rings. The first-order valence-electron chi connectivity index (χ1n) is 4.88. The number of carbonyl (C=O) groups excluding carboxylic acids is 1. The summed E-state index contributed by atoms with van der Waals surface area (Å²) >= 11 is 0. The normalized spacial score (nSPS) is 43.2. The predicted molar refractivity (Wildman–Crippen MR) is 46.0 cm³/mol. The van der Waals surface area contributed by atoms with Crippen molar-refractivity contribution in [3.63, 3.8) is 0 Å². The van der Waals surface area contributed by atoms with E-state index in [0.717, 1.165) is 12.8 Å². The Morgan fingerprint density at radius 1 is 1.31 bits per heavy atom. The van der Waals surface area contributed by atoms with Gasteiger partial charge in [0.25, 0.3) is 0 Å². The fraction of sp³-hybridized carbons (Fsp3) is 0.900. The van der Waals surface area contributed by atoms with E-state index in [4.69, 9.17) is 4.74 Å². The zero-order valence-corrected chi connectivity index (χ0v) is 7.94. The van der Waals surface area contributed by atoms with E-state index in [-0.39, 0.29) is 5.97 Å². The maximum Gasteiger partial charge on any atom is 0.311 e. The highest BCUT2D eigenvalue weighted by Gasteiger charge is 2.56. The number of fused-ring (bicyclic) bond motifs is 2. The number of carbonyl (C=O) groups is 1. The van der Waals surface area contributed by atoms with E-state index < -0.39 is 11.1 Å². The molecule has 2 saturated carbocycles. The zero-order chi connectivity index (χ0) is 9.53. The minimum Gasteiger partial charge on any atom is -0.469 e. The third-order valence-electron chi connectivity index (χ3n) is 3.61. The van der Waals surface area contributed by atoms with Gasteiger partial charge >= 0.3 is 5.97 Å². The van der Waals surface area contributed by atoms with Crippen molar-refractivity contribution < 1.29 is 13.9 Å². The van der Waals surface area contributed by atoms with Crippen molar-refractivity contribution in [3.05, 3.63) is 0 Å². The molecule has 74 valence electrons. The molecule has 0 aromatic rings. The summed E-state index contributed by atoms with van der Waals surface area (Å²) in [6.45, 7) is 0. The van der Waals surface area contributed by atoms with Crippen molar-refractivity contribution in [1.29, 1.82) is 0 Å². The number of halogens is 1. The van der Waals surface area contributed by atoms with E-state index in [1.807, 2.05) is 0 Å². The van der Waals surface area contributed by atoms with Crippen LogP contribution in [0.5, 0.6) is 0 Å². The van der Waals surface area contributed by atoms with Gasteiger partial charge in [0, 0.05) is 0 Å². The summed E-state index contributed by atoms with van der Waals surface area (Å²) in [6.07, 6.45) is 3.88. The topological polar surface area (TPSA) is 26.3 Å². The smallest absolute Gasteiger partial charge is 0.311 e. The van der Waals surface area contributed by atoms with Gasteiger partial charge in [0.05, 0.1) is 12.5 Å². The monoisotopic (exact) mass is 186 g/mol. The van der Waals surface area contributed by atoms with Gasteiger partial charge in [-0.3, -0.25) is 4.79 Å². The molecule has 2 bridgehead atoms. The van der Waals surface area contributed by atoms with Crippen LogP contribution in [-0.4, -0.2) is 18.7 Å². The molecule has 2 rings (SSSR count). The van der Waals surface area contributed by atoms with Crippen molar-refractivity contribution in [2.24, 2.45) is 5.41 Å². The molecule has 0 saturated heterocycles. The minimum atomic E-state index is -1.06. The fourth-order valence-corrected chi connectivity index (χ4v) is 2.91. The SMILES string of the molecule is COC(=O)C12CCCC(F)(CC1)C2. The summed E-state index contributed by atoms with van der Waals surface area (Å²) in [6, 6.07) is 0. The quantitative estimate of drug-likeness (QED) is 0.587. The van der Waals surface area contributed by atoms with Crippen LogP contribution in [-0.2, 0) is 9.53 Å². The number of hydrogen-bond acceptors (Lipinski definition) is 2. The van der Waals surface area contributed by atoms with Crippen LogP contribution < -0.4 is 0 Å². The average Bonchev–Trinajstić information content (AvgIpc) is 2.37. The number of hydrogen-bond donors (Lipinski definition) is 0. The van der Waals surface area contributed by atoms with Gasteiger partial charge in [-0.15, -0.1) is 0 Å². The Kier molecular flexibility index (Phi) is 1.86. The lowest BCUT2D eigenvalue weighted by atomic mass is 9.75. The second-order valence-corrected chi connectivity index (χ2v) is 4.45. The molecule has 0 N–H and O–H groups in total. The largest absolute Gasteiger partial charge is 0.469 e. The number of alkyl halides is 1. The van der Waals surface area contributed by atoms with E-state index in [1.165, 1.54) is 7.11 Å². The van der Waals surface area contributed by atoms with Crippen molar-refractivity contribution in [3.8, 4) is 0 Å². The zero-order valence-electron chi connectivity index (χ0n) is 7.94.